The number of aromatic carboxylic acids is 1. The second-order valence-electron chi connectivity index (χ2n) is 5.66. The van der Waals surface area contributed by atoms with E-state index in [9.17, 15) is 9.90 Å². The number of fused-ring (bicyclic) bond motifs is 1. The second kappa shape index (κ2) is 6.49. The van der Waals surface area contributed by atoms with E-state index in [0.29, 0.717) is 27.2 Å². The van der Waals surface area contributed by atoms with Crippen molar-refractivity contribution in [1.29, 1.82) is 0 Å². The maximum Gasteiger partial charge on any atom is 0.355 e. The molecule has 24 heavy (non-hydrogen) atoms. The molecule has 0 unspecified atom stereocenters. The Morgan fingerprint density at radius 3 is 2.50 bits per heavy atom. The number of halogens is 1. The van der Waals surface area contributed by atoms with Crippen molar-refractivity contribution in [2.45, 2.75) is 20.0 Å². The monoisotopic (exact) mass is 341 g/mol. The Balaban J connectivity index is 2.44. The highest BCUT2D eigenvalue weighted by molar-refractivity contribution is 6.31. The molecule has 122 valence electrons. The molecular weight excluding hydrogens is 326 g/mol. The van der Waals surface area contributed by atoms with Crippen LogP contribution in [0.1, 0.15) is 24.3 Å². The molecule has 0 aliphatic carbocycles. The molecule has 3 aromatic rings. The van der Waals surface area contributed by atoms with Gasteiger partial charge in [0.1, 0.15) is 5.75 Å². The van der Waals surface area contributed by atoms with Crippen molar-refractivity contribution in [2.24, 2.45) is 0 Å². The molecule has 1 aromatic heterocycles. The van der Waals surface area contributed by atoms with Gasteiger partial charge in [0.05, 0.1) is 17.2 Å². The lowest BCUT2D eigenvalue weighted by Gasteiger charge is -2.18. The van der Waals surface area contributed by atoms with Crippen LogP contribution in [-0.2, 0) is 0 Å². The van der Waals surface area contributed by atoms with E-state index in [1.54, 1.807) is 18.2 Å². The number of nitrogens with zero attached hydrogens (tertiary/aromatic N) is 1. The average Bonchev–Trinajstić information content (AvgIpc) is 2.55. The normalized spacial score (nSPS) is 11.0. The number of carboxylic acids is 1. The summed E-state index contributed by atoms with van der Waals surface area (Å²) in [4.78, 5) is 16.1. The van der Waals surface area contributed by atoms with E-state index in [1.807, 2.05) is 44.2 Å². The fourth-order valence-corrected chi connectivity index (χ4v) is 2.76. The molecule has 0 amide bonds. The lowest BCUT2D eigenvalue weighted by molar-refractivity contribution is 0.0691. The van der Waals surface area contributed by atoms with E-state index >= 15 is 0 Å². The van der Waals surface area contributed by atoms with E-state index in [2.05, 4.69) is 4.98 Å². The van der Waals surface area contributed by atoms with Crippen LogP contribution < -0.4 is 4.74 Å². The SMILES string of the molecule is CC(C)Oc1c(-c2ccccc2)c(C(=O)O)nc2ccc(Cl)cc12. The summed E-state index contributed by atoms with van der Waals surface area (Å²) in [5, 5.41) is 10.9. The standard InChI is InChI=1S/C19H16ClNO3/c1-11(2)24-18-14-10-13(20)8-9-15(14)21-17(19(22)23)16(18)12-6-4-3-5-7-12/h3-11H,1-2H3,(H,22,23). The van der Waals surface area contributed by atoms with Gasteiger partial charge in [0.15, 0.2) is 5.69 Å². The number of aromatic nitrogens is 1. The Morgan fingerprint density at radius 2 is 1.88 bits per heavy atom. The Morgan fingerprint density at radius 1 is 1.17 bits per heavy atom. The molecule has 0 aliphatic rings. The lowest BCUT2D eigenvalue weighted by Crippen LogP contribution is -2.11. The van der Waals surface area contributed by atoms with Crippen LogP contribution >= 0.6 is 11.6 Å². The zero-order valence-corrected chi connectivity index (χ0v) is 14.0. The predicted molar refractivity (Wildman–Crippen MR) is 94.9 cm³/mol. The van der Waals surface area contributed by atoms with Crippen molar-refractivity contribution >= 4 is 28.5 Å². The largest absolute Gasteiger partial charge is 0.490 e. The highest BCUT2D eigenvalue weighted by Gasteiger charge is 2.23. The Hall–Kier alpha value is -2.59. The van der Waals surface area contributed by atoms with Crippen LogP contribution in [0.3, 0.4) is 0 Å². The van der Waals surface area contributed by atoms with Gasteiger partial charge in [-0.15, -0.1) is 0 Å². The van der Waals surface area contributed by atoms with Crippen LogP contribution in [0.2, 0.25) is 5.02 Å². The van der Waals surface area contributed by atoms with E-state index in [0.717, 1.165) is 5.56 Å². The molecule has 0 fully saturated rings. The third-order valence-corrected chi connectivity index (χ3v) is 3.75. The third kappa shape index (κ3) is 3.05. The van der Waals surface area contributed by atoms with Crippen molar-refractivity contribution in [3.63, 3.8) is 0 Å². The molecule has 0 bridgehead atoms. The minimum Gasteiger partial charge on any atom is -0.490 e. The number of rotatable bonds is 4. The van der Waals surface area contributed by atoms with Gasteiger partial charge in [-0.2, -0.15) is 0 Å². The van der Waals surface area contributed by atoms with Crippen LogP contribution in [0.25, 0.3) is 22.0 Å². The molecular formula is C19H16ClNO3. The van der Waals surface area contributed by atoms with Crippen LogP contribution in [0.15, 0.2) is 48.5 Å². The molecule has 2 aromatic carbocycles. The first kappa shape index (κ1) is 16.3. The summed E-state index contributed by atoms with van der Waals surface area (Å²) in [6.07, 6.45) is -0.126. The molecule has 5 heteroatoms. The molecule has 1 heterocycles. The van der Waals surface area contributed by atoms with Crippen LogP contribution in [-0.4, -0.2) is 22.2 Å². The number of ether oxygens (including phenoxy) is 1. The summed E-state index contributed by atoms with van der Waals surface area (Å²) in [6.45, 7) is 3.79. The van der Waals surface area contributed by atoms with Crippen molar-refractivity contribution in [2.75, 3.05) is 0 Å². The molecule has 0 saturated carbocycles. The van der Waals surface area contributed by atoms with Crippen molar-refractivity contribution in [3.05, 3.63) is 59.2 Å². The smallest absolute Gasteiger partial charge is 0.355 e. The van der Waals surface area contributed by atoms with E-state index in [1.165, 1.54) is 0 Å². The van der Waals surface area contributed by atoms with Crippen molar-refractivity contribution in [1.82, 2.24) is 4.98 Å². The topological polar surface area (TPSA) is 59.4 Å². The first-order chi connectivity index (χ1) is 11.5. The van der Waals surface area contributed by atoms with Gasteiger partial charge in [-0.1, -0.05) is 41.9 Å². The summed E-state index contributed by atoms with van der Waals surface area (Å²) >= 11 is 6.13. The van der Waals surface area contributed by atoms with Gasteiger partial charge in [0, 0.05) is 10.4 Å². The van der Waals surface area contributed by atoms with Gasteiger partial charge in [-0.25, -0.2) is 9.78 Å². The van der Waals surface area contributed by atoms with Gasteiger partial charge in [-0.05, 0) is 37.6 Å². The summed E-state index contributed by atoms with van der Waals surface area (Å²) in [5.74, 6) is -0.611. The summed E-state index contributed by atoms with van der Waals surface area (Å²) < 4.78 is 6.00. The highest BCUT2D eigenvalue weighted by atomic mass is 35.5. The van der Waals surface area contributed by atoms with Gasteiger partial charge < -0.3 is 9.84 Å². The van der Waals surface area contributed by atoms with Crippen molar-refractivity contribution in [3.8, 4) is 16.9 Å². The first-order valence-electron chi connectivity index (χ1n) is 7.56. The van der Waals surface area contributed by atoms with Gasteiger partial charge >= 0.3 is 5.97 Å². The fourth-order valence-electron chi connectivity index (χ4n) is 2.59. The van der Waals surface area contributed by atoms with Crippen LogP contribution in [0.5, 0.6) is 5.75 Å². The molecule has 0 saturated heterocycles. The fraction of sp³-hybridized carbons (Fsp3) is 0.158. The number of hydrogen-bond donors (Lipinski definition) is 1. The van der Waals surface area contributed by atoms with E-state index in [4.69, 9.17) is 16.3 Å². The van der Waals surface area contributed by atoms with Gasteiger partial charge in [0.2, 0.25) is 0 Å². The second-order valence-corrected chi connectivity index (χ2v) is 6.10. The Bertz CT molecular complexity index is 907. The predicted octanol–water partition coefficient (Wildman–Crippen LogP) is 5.04. The zero-order chi connectivity index (χ0) is 17.3. The molecule has 3 rings (SSSR count). The maximum atomic E-state index is 11.8. The molecule has 0 aliphatic heterocycles. The first-order valence-corrected chi connectivity index (χ1v) is 7.94. The zero-order valence-electron chi connectivity index (χ0n) is 13.3. The number of hydrogen-bond acceptors (Lipinski definition) is 3. The molecule has 0 atom stereocenters. The minimum atomic E-state index is -1.10. The summed E-state index contributed by atoms with van der Waals surface area (Å²) in [6, 6.07) is 14.4. The molecule has 1 N–H and O–H groups in total. The number of benzene rings is 2. The summed E-state index contributed by atoms with van der Waals surface area (Å²) in [5.41, 5.74) is 1.70. The van der Waals surface area contributed by atoms with E-state index in [-0.39, 0.29) is 11.8 Å². The third-order valence-electron chi connectivity index (χ3n) is 3.52. The number of pyridine rings is 1. The van der Waals surface area contributed by atoms with Crippen LogP contribution in [0.4, 0.5) is 0 Å². The molecule has 0 spiro atoms. The lowest BCUT2D eigenvalue weighted by atomic mass is 9.99. The van der Waals surface area contributed by atoms with Gasteiger partial charge in [-0.3, -0.25) is 0 Å². The van der Waals surface area contributed by atoms with Gasteiger partial charge in [0.25, 0.3) is 0 Å². The quantitative estimate of drug-likeness (QED) is 0.722. The van der Waals surface area contributed by atoms with E-state index < -0.39 is 5.97 Å². The minimum absolute atomic E-state index is 0.0355. The average molecular weight is 342 g/mol. The van der Waals surface area contributed by atoms with Crippen LogP contribution in [0, 0.1) is 0 Å². The molecule has 0 radical (unpaired) electrons. The number of carbonyl (C=O) groups is 1. The highest BCUT2D eigenvalue weighted by Crippen LogP contribution is 2.40. The Kier molecular flexibility index (Phi) is 4.40. The summed E-state index contributed by atoms with van der Waals surface area (Å²) in [7, 11) is 0. The van der Waals surface area contributed by atoms with Crippen molar-refractivity contribution < 1.29 is 14.6 Å². The Labute approximate surface area is 144 Å². The molecule has 4 nitrogen and oxygen atoms in total. The maximum absolute atomic E-state index is 11.8. The number of carboxylic acid groups (broad SMARTS) is 1.